The van der Waals surface area contributed by atoms with Crippen molar-refractivity contribution in [2.45, 2.75) is 33.2 Å². The number of aldehydes is 1. The van der Waals surface area contributed by atoms with Crippen molar-refractivity contribution in [3.63, 3.8) is 0 Å². The molecule has 1 aliphatic rings. The van der Waals surface area contributed by atoms with Crippen molar-refractivity contribution in [1.82, 2.24) is 9.88 Å². The lowest BCUT2D eigenvalue weighted by Crippen LogP contribution is -2.33. The Morgan fingerprint density at radius 3 is 2.80 bits per heavy atom. The second kappa shape index (κ2) is 6.95. The summed E-state index contributed by atoms with van der Waals surface area (Å²) in [6, 6.07) is 0. The predicted octanol–water partition coefficient (Wildman–Crippen LogP) is 1.93. The molecular formula is C14H21N3O2S. The molecule has 1 aliphatic heterocycles. The number of hydrogen-bond donors (Lipinski definition) is 0. The van der Waals surface area contributed by atoms with Crippen LogP contribution in [0.25, 0.3) is 0 Å². The average molecular weight is 295 g/mol. The molecule has 2 rings (SSSR count). The molecule has 0 saturated carbocycles. The lowest BCUT2D eigenvalue weighted by Gasteiger charge is -2.28. The van der Waals surface area contributed by atoms with Crippen molar-refractivity contribution in [1.29, 1.82) is 0 Å². The van der Waals surface area contributed by atoms with Gasteiger partial charge in [0.2, 0.25) is 5.91 Å². The van der Waals surface area contributed by atoms with E-state index in [-0.39, 0.29) is 11.8 Å². The quantitative estimate of drug-likeness (QED) is 0.779. The maximum Gasteiger partial charge on any atom is 0.225 e. The highest BCUT2D eigenvalue weighted by Crippen LogP contribution is 2.23. The first-order valence-corrected chi connectivity index (χ1v) is 7.92. The maximum atomic E-state index is 11.5. The third-order valence-corrected chi connectivity index (χ3v) is 4.59. The summed E-state index contributed by atoms with van der Waals surface area (Å²) in [7, 11) is 0. The highest BCUT2D eigenvalue weighted by Gasteiger charge is 2.20. The van der Waals surface area contributed by atoms with Gasteiger partial charge in [0.25, 0.3) is 0 Å². The Balaban J connectivity index is 1.93. The zero-order chi connectivity index (χ0) is 14.5. The predicted molar refractivity (Wildman–Crippen MR) is 79.9 cm³/mol. The molecule has 0 N–H and O–H groups in total. The van der Waals surface area contributed by atoms with Crippen LogP contribution in [-0.4, -0.2) is 41.7 Å². The highest BCUT2D eigenvalue weighted by atomic mass is 32.1. The summed E-state index contributed by atoms with van der Waals surface area (Å²) in [5.74, 6) is 0.255. The fourth-order valence-corrected chi connectivity index (χ4v) is 3.39. The van der Waals surface area contributed by atoms with Crippen molar-refractivity contribution in [3.8, 4) is 0 Å². The Hall–Kier alpha value is -1.27. The van der Waals surface area contributed by atoms with Gasteiger partial charge in [-0.2, -0.15) is 0 Å². The van der Waals surface area contributed by atoms with Crippen molar-refractivity contribution in [2.75, 3.05) is 24.5 Å². The molecule has 1 amide bonds. The van der Waals surface area contributed by atoms with E-state index >= 15 is 0 Å². The third-order valence-electron chi connectivity index (χ3n) is 3.68. The third kappa shape index (κ3) is 3.64. The van der Waals surface area contributed by atoms with Gasteiger partial charge in [-0.1, -0.05) is 0 Å². The van der Waals surface area contributed by atoms with Gasteiger partial charge < -0.3 is 4.79 Å². The van der Waals surface area contributed by atoms with Crippen molar-refractivity contribution in [3.05, 3.63) is 11.1 Å². The molecule has 1 aromatic heterocycles. The van der Waals surface area contributed by atoms with E-state index in [2.05, 4.69) is 9.88 Å². The molecule has 0 bridgehead atoms. The monoisotopic (exact) mass is 295 g/mol. The average Bonchev–Trinajstić information content (AvgIpc) is 2.88. The first-order valence-electron chi connectivity index (χ1n) is 7.04. The molecule has 6 heteroatoms. The first kappa shape index (κ1) is 15.1. The number of rotatable bonds is 5. The topological polar surface area (TPSA) is 53.5 Å². The SMILES string of the molecule is CCN(C(C)=O)c1nc(CN2CCC(C=O)CC2)cs1. The van der Waals surface area contributed by atoms with Gasteiger partial charge in [0, 0.05) is 31.3 Å². The summed E-state index contributed by atoms with van der Waals surface area (Å²) in [6.45, 7) is 6.85. The molecule has 0 unspecified atom stereocenters. The molecular weight excluding hydrogens is 274 g/mol. The van der Waals surface area contributed by atoms with Crippen molar-refractivity contribution >= 4 is 28.7 Å². The minimum Gasteiger partial charge on any atom is -0.303 e. The largest absolute Gasteiger partial charge is 0.303 e. The summed E-state index contributed by atoms with van der Waals surface area (Å²) in [5, 5.41) is 2.80. The molecule has 1 fully saturated rings. The first-order chi connectivity index (χ1) is 9.63. The maximum absolute atomic E-state index is 11.5. The minimum atomic E-state index is 0.0280. The van der Waals surface area contributed by atoms with E-state index in [1.165, 1.54) is 11.3 Å². The van der Waals surface area contributed by atoms with Crippen LogP contribution in [0, 0.1) is 5.92 Å². The van der Waals surface area contributed by atoms with Crippen LogP contribution in [-0.2, 0) is 16.1 Å². The number of likely N-dealkylation sites (tertiary alicyclic amines) is 1. The molecule has 0 spiro atoms. The fraction of sp³-hybridized carbons (Fsp3) is 0.643. The van der Waals surface area contributed by atoms with Gasteiger partial charge >= 0.3 is 0 Å². The Bertz CT molecular complexity index is 467. The number of amides is 1. The van der Waals surface area contributed by atoms with E-state index < -0.39 is 0 Å². The van der Waals surface area contributed by atoms with Gasteiger partial charge in [0.1, 0.15) is 6.29 Å². The van der Waals surface area contributed by atoms with Gasteiger partial charge in [-0.15, -0.1) is 11.3 Å². The Morgan fingerprint density at radius 1 is 1.55 bits per heavy atom. The summed E-state index contributed by atoms with van der Waals surface area (Å²) in [4.78, 5) is 30.8. The molecule has 110 valence electrons. The number of carbonyl (C=O) groups is 2. The van der Waals surface area contributed by atoms with E-state index in [1.54, 1.807) is 11.8 Å². The van der Waals surface area contributed by atoms with Crippen LogP contribution in [0.5, 0.6) is 0 Å². The summed E-state index contributed by atoms with van der Waals surface area (Å²) < 4.78 is 0. The number of nitrogens with zero attached hydrogens (tertiary/aromatic N) is 3. The minimum absolute atomic E-state index is 0.0280. The van der Waals surface area contributed by atoms with E-state index in [0.29, 0.717) is 6.54 Å². The molecule has 0 aliphatic carbocycles. The van der Waals surface area contributed by atoms with Gasteiger partial charge in [-0.25, -0.2) is 4.98 Å². The van der Waals surface area contributed by atoms with Crippen molar-refractivity contribution in [2.24, 2.45) is 5.92 Å². The molecule has 2 heterocycles. The molecule has 20 heavy (non-hydrogen) atoms. The van der Waals surface area contributed by atoms with Crippen LogP contribution in [0.15, 0.2) is 5.38 Å². The molecule has 0 radical (unpaired) electrons. The van der Waals surface area contributed by atoms with Gasteiger partial charge in [-0.05, 0) is 32.9 Å². The fourth-order valence-electron chi connectivity index (χ4n) is 2.46. The van der Waals surface area contributed by atoms with Gasteiger partial charge in [0.05, 0.1) is 5.69 Å². The van der Waals surface area contributed by atoms with E-state index in [9.17, 15) is 9.59 Å². The van der Waals surface area contributed by atoms with Crippen molar-refractivity contribution < 1.29 is 9.59 Å². The Kier molecular flexibility index (Phi) is 5.25. The van der Waals surface area contributed by atoms with Crippen LogP contribution in [0.4, 0.5) is 5.13 Å². The smallest absolute Gasteiger partial charge is 0.225 e. The number of anilines is 1. The van der Waals surface area contributed by atoms with Gasteiger partial charge in [-0.3, -0.25) is 14.6 Å². The molecule has 1 aromatic rings. The Morgan fingerprint density at radius 2 is 2.25 bits per heavy atom. The van der Waals surface area contributed by atoms with Crippen LogP contribution >= 0.6 is 11.3 Å². The number of aromatic nitrogens is 1. The second-order valence-corrected chi connectivity index (χ2v) is 5.97. The zero-order valence-electron chi connectivity index (χ0n) is 12.0. The van der Waals surface area contributed by atoms with Gasteiger partial charge in [0.15, 0.2) is 5.13 Å². The molecule has 0 atom stereocenters. The zero-order valence-corrected chi connectivity index (χ0v) is 12.9. The van der Waals surface area contributed by atoms with Crippen LogP contribution < -0.4 is 4.90 Å². The van der Waals surface area contributed by atoms with Crippen LogP contribution in [0.1, 0.15) is 32.4 Å². The summed E-state index contributed by atoms with van der Waals surface area (Å²) in [5.41, 5.74) is 1.01. The standard InChI is InChI=1S/C14H21N3O2S/c1-3-17(11(2)19)14-15-13(10-20-14)8-16-6-4-12(9-18)5-7-16/h9-10,12H,3-8H2,1-2H3. The normalized spacial score (nSPS) is 17.1. The summed E-state index contributed by atoms with van der Waals surface area (Å²) in [6.07, 6.45) is 2.95. The van der Waals surface area contributed by atoms with E-state index in [0.717, 1.165) is 49.6 Å². The molecule has 1 saturated heterocycles. The van der Waals surface area contributed by atoms with E-state index in [1.807, 2.05) is 12.3 Å². The number of piperidine rings is 1. The Labute approximate surface area is 123 Å². The molecule has 0 aromatic carbocycles. The number of hydrogen-bond acceptors (Lipinski definition) is 5. The van der Waals surface area contributed by atoms with Crippen LogP contribution in [0.3, 0.4) is 0 Å². The van der Waals surface area contributed by atoms with E-state index in [4.69, 9.17) is 0 Å². The highest BCUT2D eigenvalue weighted by molar-refractivity contribution is 7.14. The summed E-state index contributed by atoms with van der Waals surface area (Å²) >= 11 is 1.52. The molecule has 5 nitrogen and oxygen atoms in total. The lowest BCUT2D eigenvalue weighted by atomic mass is 9.99. The lowest BCUT2D eigenvalue weighted by molar-refractivity contribution is -0.116. The second-order valence-electron chi connectivity index (χ2n) is 5.13. The number of thiazole rings is 1. The van der Waals surface area contributed by atoms with Crippen LogP contribution in [0.2, 0.25) is 0 Å². The number of carbonyl (C=O) groups excluding carboxylic acids is 2.